The zero-order valence-corrected chi connectivity index (χ0v) is 15.4. The average Bonchev–Trinajstić information content (AvgIpc) is 3.13. The van der Waals surface area contributed by atoms with E-state index in [-0.39, 0.29) is 18.5 Å². The van der Waals surface area contributed by atoms with Crippen molar-refractivity contribution in [3.05, 3.63) is 88.9 Å². The molecule has 1 heterocycles. The minimum absolute atomic E-state index is 0.0764. The lowest BCUT2D eigenvalue weighted by Gasteiger charge is -2.18. The summed E-state index contributed by atoms with van der Waals surface area (Å²) < 4.78 is 5.56. The zero-order chi connectivity index (χ0) is 18.5. The summed E-state index contributed by atoms with van der Waals surface area (Å²) in [6.45, 7) is 6.27. The summed E-state index contributed by atoms with van der Waals surface area (Å²) in [7, 11) is 0. The van der Waals surface area contributed by atoms with Crippen LogP contribution in [0, 0.1) is 20.8 Å². The van der Waals surface area contributed by atoms with Crippen molar-refractivity contribution in [2.45, 2.75) is 26.8 Å². The smallest absolute Gasteiger partial charge is 0.238 e. The van der Waals surface area contributed by atoms with Crippen molar-refractivity contribution >= 4 is 11.6 Å². The highest BCUT2D eigenvalue weighted by Crippen LogP contribution is 2.23. The van der Waals surface area contributed by atoms with E-state index in [9.17, 15) is 4.79 Å². The molecule has 2 N–H and O–H groups in total. The van der Waals surface area contributed by atoms with Gasteiger partial charge in [-0.3, -0.25) is 10.1 Å². The summed E-state index contributed by atoms with van der Waals surface area (Å²) in [6.07, 6.45) is 1.64. The van der Waals surface area contributed by atoms with E-state index in [2.05, 4.69) is 29.7 Å². The molecule has 1 aromatic heterocycles. The molecule has 1 atom stereocenters. The molecule has 4 nitrogen and oxygen atoms in total. The van der Waals surface area contributed by atoms with E-state index in [0.29, 0.717) is 0 Å². The summed E-state index contributed by atoms with van der Waals surface area (Å²) in [5, 5.41) is 6.33. The Morgan fingerprint density at radius 3 is 2.31 bits per heavy atom. The van der Waals surface area contributed by atoms with Crippen LogP contribution in [0.1, 0.15) is 34.1 Å². The van der Waals surface area contributed by atoms with Crippen molar-refractivity contribution in [2.24, 2.45) is 0 Å². The lowest BCUT2D eigenvalue weighted by atomic mass is 10.0. The highest BCUT2D eigenvalue weighted by molar-refractivity contribution is 5.93. The van der Waals surface area contributed by atoms with Crippen molar-refractivity contribution in [1.82, 2.24) is 5.32 Å². The Labute approximate surface area is 154 Å². The summed E-state index contributed by atoms with van der Waals surface area (Å²) in [5.41, 5.74) is 5.27. The van der Waals surface area contributed by atoms with E-state index in [1.807, 2.05) is 56.3 Å². The van der Waals surface area contributed by atoms with Gasteiger partial charge in [0, 0.05) is 5.69 Å². The lowest BCUT2D eigenvalue weighted by molar-refractivity contribution is -0.115. The van der Waals surface area contributed by atoms with Gasteiger partial charge < -0.3 is 9.73 Å². The van der Waals surface area contributed by atoms with Crippen LogP contribution in [-0.2, 0) is 4.79 Å². The number of hydrogen-bond donors (Lipinski definition) is 2. The van der Waals surface area contributed by atoms with E-state index in [1.165, 1.54) is 5.56 Å². The molecule has 0 fully saturated rings. The molecular formula is C22H24N2O2. The Bertz CT molecular complexity index is 847. The number of nitrogens with one attached hydrogen (secondary N) is 2. The van der Waals surface area contributed by atoms with E-state index < -0.39 is 0 Å². The van der Waals surface area contributed by atoms with Gasteiger partial charge in [0.15, 0.2) is 0 Å². The predicted molar refractivity (Wildman–Crippen MR) is 104 cm³/mol. The fraction of sp³-hybridized carbons (Fsp3) is 0.227. The third-order valence-corrected chi connectivity index (χ3v) is 4.37. The van der Waals surface area contributed by atoms with Gasteiger partial charge in [0.05, 0.1) is 18.8 Å². The molecule has 4 heteroatoms. The van der Waals surface area contributed by atoms with Crippen LogP contribution in [0.15, 0.2) is 65.3 Å². The number of aryl methyl sites for hydroxylation is 3. The number of anilines is 1. The molecule has 134 valence electrons. The van der Waals surface area contributed by atoms with Gasteiger partial charge >= 0.3 is 0 Å². The van der Waals surface area contributed by atoms with Crippen LogP contribution < -0.4 is 10.6 Å². The topological polar surface area (TPSA) is 54.3 Å². The van der Waals surface area contributed by atoms with Crippen LogP contribution in [0.4, 0.5) is 5.69 Å². The van der Waals surface area contributed by atoms with Crippen LogP contribution in [0.3, 0.4) is 0 Å². The average molecular weight is 348 g/mol. The van der Waals surface area contributed by atoms with Crippen molar-refractivity contribution < 1.29 is 9.21 Å². The second-order valence-corrected chi connectivity index (χ2v) is 6.56. The molecule has 0 bridgehead atoms. The van der Waals surface area contributed by atoms with Crippen LogP contribution in [0.25, 0.3) is 0 Å². The van der Waals surface area contributed by atoms with E-state index in [0.717, 1.165) is 28.1 Å². The van der Waals surface area contributed by atoms with Crippen LogP contribution >= 0.6 is 0 Å². The van der Waals surface area contributed by atoms with Gasteiger partial charge in [-0.2, -0.15) is 0 Å². The molecule has 0 saturated heterocycles. The molecule has 0 aliphatic rings. The van der Waals surface area contributed by atoms with Gasteiger partial charge in [0.2, 0.25) is 5.91 Å². The summed E-state index contributed by atoms with van der Waals surface area (Å²) in [5.74, 6) is 0.708. The molecule has 0 radical (unpaired) electrons. The first-order valence-electron chi connectivity index (χ1n) is 8.74. The quantitative estimate of drug-likeness (QED) is 0.688. The highest BCUT2D eigenvalue weighted by atomic mass is 16.3. The maximum absolute atomic E-state index is 12.5. The Morgan fingerprint density at radius 1 is 1.00 bits per heavy atom. The van der Waals surface area contributed by atoms with Gasteiger partial charge in [-0.25, -0.2) is 0 Å². The molecule has 3 aromatic rings. The standard InChI is InChI=1S/C22H24N2O2/c1-15-12-16(2)21(17(3)13-15)24-20(25)14-23-22(19-10-7-11-26-19)18-8-5-4-6-9-18/h4-13,22-23H,14H2,1-3H3,(H,24,25)/t22-/m1/s1. The van der Waals surface area contributed by atoms with Gasteiger partial charge in [-0.05, 0) is 49.6 Å². The maximum atomic E-state index is 12.5. The SMILES string of the molecule is Cc1cc(C)c(NC(=O)CN[C@H](c2ccccc2)c2ccco2)c(C)c1. The van der Waals surface area contributed by atoms with Gasteiger partial charge in [0.25, 0.3) is 0 Å². The fourth-order valence-electron chi connectivity index (χ4n) is 3.24. The molecule has 1 amide bonds. The molecule has 0 aliphatic carbocycles. The highest BCUT2D eigenvalue weighted by Gasteiger charge is 2.18. The normalized spacial score (nSPS) is 12.0. The first-order valence-corrected chi connectivity index (χ1v) is 8.74. The number of hydrogen-bond acceptors (Lipinski definition) is 3. The second-order valence-electron chi connectivity index (χ2n) is 6.56. The molecule has 0 saturated carbocycles. The second kappa shape index (κ2) is 8.02. The van der Waals surface area contributed by atoms with Crippen molar-refractivity contribution in [3.8, 4) is 0 Å². The van der Waals surface area contributed by atoms with Crippen molar-refractivity contribution in [2.75, 3.05) is 11.9 Å². The Hall–Kier alpha value is -2.85. The summed E-state index contributed by atoms with van der Waals surface area (Å²) in [4.78, 5) is 12.5. The molecule has 0 unspecified atom stereocenters. The predicted octanol–water partition coefficient (Wildman–Crippen LogP) is 4.52. The molecule has 0 spiro atoms. The Kier molecular flexibility index (Phi) is 5.54. The fourth-order valence-corrected chi connectivity index (χ4v) is 3.24. The number of benzene rings is 2. The minimum Gasteiger partial charge on any atom is -0.467 e. The molecule has 3 rings (SSSR count). The number of amides is 1. The lowest BCUT2D eigenvalue weighted by Crippen LogP contribution is -2.32. The van der Waals surface area contributed by atoms with Crippen LogP contribution in [-0.4, -0.2) is 12.5 Å². The number of carbonyl (C=O) groups is 1. The van der Waals surface area contributed by atoms with Crippen LogP contribution in [0.2, 0.25) is 0 Å². The minimum atomic E-state index is -0.169. The Balaban J connectivity index is 1.71. The third-order valence-electron chi connectivity index (χ3n) is 4.37. The summed E-state index contributed by atoms with van der Waals surface area (Å²) in [6, 6.07) is 17.7. The molecule has 0 aliphatic heterocycles. The van der Waals surface area contributed by atoms with Crippen molar-refractivity contribution in [1.29, 1.82) is 0 Å². The largest absolute Gasteiger partial charge is 0.467 e. The van der Waals surface area contributed by atoms with E-state index in [4.69, 9.17) is 4.42 Å². The maximum Gasteiger partial charge on any atom is 0.238 e. The van der Waals surface area contributed by atoms with Gasteiger partial charge in [-0.15, -0.1) is 0 Å². The van der Waals surface area contributed by atoms with Gasteiger partial charge in [0.1, 0.15) is 5.76 Å². The summed E-state index contributed by atoms with van der Waals surface area (Å²) >= 11 is 0. The van der Waals surface area contributed by atoms with Gasteiger partial charge in [-0.1, -0.05) is 48.0 Å². The molecular weight excluding hydrogens is 324 g/mol. The molecule has 2 aromatic carbocycles. The first-order chi connectivity index (χ1) is 12.5. The third kappa shape index (κ3) is 4.21. The number of carbonyl (C=O) groups excluding carboxylic acids is 1. The zero-order valence-electron chi connectivity index (χ0n) is 15.4. The van der Waals surface area contributed by atoms with E-state index >= 15 is 0 Å². The number of furan rings is 1. The van der Waals surface area contributed by atoms with E-state index in [1.54, 1.807) is 6.26 Å². The monoisotopic (exact) mass is 348 g/mol. The van der Waals surface area contributed by atoms with Crippen LogP contribution in [0.5, 0.6) is 0 Å². The van der Waals surface area contributed by atoms with Crippen molar-refractivity contribution in [3.63, 3.8) is 0 Å². The number of rotatable bonds is 6. The molecule has 26 heavy (non-hydrogen) atoms. The first kappa shape index (κ1) is 18.0. The Morgan fingerprint density at radius 2 is 1.69 bits per heavy atom.